The Kier molecular flexibility index (Phi) is 11.1. The minimum absolute atomic E-state index is 0.00872. The van der Waals surface area contributed by atoms with Crippen LogP contribution >= 0.6 is 0 Å². The number of nitrogens with zero attached hydrogens (tertiary/aromatic N) is 5. The summed E-state index contributed by atoms with van der Waals surface area (Å²) in [6.45, 7) is 39.4. The van der Waals surface area contributed by atoms with E-state index < -0.39 is 55.0 Å². The van der Waals surface area contributed by atoms with E-state index >= 15 is 0 Å². The van der Waals surface area contributed by atoms with E-state index in [9.17, 15) is 5.21 Å². The Morgan fingerprint density at radius 1 is 0.787 bits per heavy atom. The number of rotatable bonds is 10. The summed E-state index contributed by atoms with van der Waals surface area (Å²) in [5.74, 6) is 0.432. The molecule has 1 aliphatic rings. The molecule has 1 radical (unpaired) electrons. The fraction of sp³-hybridized carbons (Fsp3) is 0.848. The Balaban J connectivity index is 2.35. The number of methoxy groups -OCH3 is 1. The number of hydrogen-bond acceptors (Lipinski definition) is 9. The Hall–Kier alpha value is -1.40. The van der Waals surface area contributed by atoms with E-state index in [-0.39, 0.29) is 26.9 Å². The van der Waals surface area contributed by atoms with Crippen molar-refractivity contribution < 1.29 is 28.0 Å². The molecule has 2 aromatic heterocycles. The summed E-state index contributed by atoms with van der Waals surface area (Å²) >= 11 is 0. The van der Waals surface area contributed by atoms with Crippen LogP contribution < -0.4 is 9.80 Å². The highest BCUT2D eigenvalue weighted by molar-refractivity contribution is 6.75. The number of imidazole rings is 1. The molecule has 0 bridgehead atoms. The average Bonchev–Trinajstić information content (AvgIpc) is 3.41. The molecule has 0 amide bonds. The predicted molar refractivity (Wildman–Crippen MR) is 196 cm³/mol. The van der Waals surface area contributed by atoms with Crippen molar-refractivity contribution in [3.05, 3.63) is 6.33 Å². The van der Waals surface area contributed by atoms with Crippen LogP contribution in [0.5, 0.6) is 5.88 Å². The van der Waals surface area contributed by atoms with Gasteiger partial charge in [0.05, 0.1) is 19.3 Å². The largest absolute Gasteiger partial charge is 0.479 e. The third kappa shape index (κ3) is 8.16. The average molecular weight is 711 g/mol. The molecule has 1 fully saturated rings. The quantitative estimate of drug-likeness (QED) is 0.177. The monoisotopic (exact) mass is 710 g/mol. The van der Waals surface area contributed by atoms with Gasteiger partial charge in [0, 0.05) is 0 Å². The lowest BCUT2D eigenvalue weighted by molar-refractivity contribution is -0.0486. The molecule has 0 unspecified atom stereocenters. The fourth-order valence-corrected chi connectivity index (χ4v) is 8.18. The van der Waals surface area contributed by atoms with Gasteiger partial charge in [0.1, 0.15) is 24.6 Å². The van der Waals surface area contributed by atoms with Crippen LogP contribution in [0, 0.1) is 0 Å². The van der Waals surface area contributed by atoms with Crippen LogP contribution in [0.15, 0.2) is 6.33 Å². The Labute approximate surface area is 287 Å². The molecule has 0 saturated carbocycles. The summed E-state index contributed by atoms with van der Waals surface area (Å²) in [7, 11) is -5.43. The van der Waals surface area contributed by atoms with Crippen LogP contribution in [0.1, 0.15) is 89.3 Å². The molecule has 0 aromatic carbocycles. The molecule has 1 aliphatic heterocycles. The number of hydrogen-bond donors (Lipinski definition) is 0. The maximum absolute atomic E-state index is 14.1. The molecular weight excluding hydrogens is 647 g/mol. The first-order valence-corrected chi connectivity index (χ1v) is 25.6. The van der Waals surface area contributed by atoms with Gasteiger partial charge >= 0.3 is 0 Å². The second-order valence-corrected chi connectivity index (χ2v) is 32.9. The van der Waals surface area contributed by atoms with Crippen molar-refractivity contribution in [1.29, 1.82) is 0 Å². The number of anilines is 1. The molecule has 3 heterocycles. The third-order valence-corrected chi connectivity index (χ3v) is 24.3. The highest BCUT2D eigenvalue weighted by atomic mass is 28.4. The summed E-state index contributed by atoms with van der Waals surface area (Å²) in [5, 5.41) is 14.8. The lowest BCUT2D eigenvalue weighted by Gasteiger charge is -2.44. The van der Waals surface area contributed by atoms with Gasteiger partial charge in [0.2, 0.25) is 11.8 Å². The maximum Gasteiger partial charge on any atom is 0.245 e. The Morgan fingerprint density at radius 2 is 1.28 bits per heavy atom. The molecular formula is C33H64N5O6Si3. The topological polar surface area (TPSA) is 113 Å². The molecule has 4 atom stereocenters. The molecule has 269 valence electrons. The first-order chi connectivity index (χ1) is 21.0. The minimum Gasteiger partial charge on any atom is -0.479 e. The zero-order valence-electron chi connectivity index (χ0n) is 32.8. The zero-order valence-corrected chi connectivity index (χ0v) is 35.8. The standard InChI is InChI=1S/C33H64N5O6Si3/c1-30(2,3)38(39)29-36-23-26(34-21-35-27(23)40-13)37(29)28-25(44-47(18,19)33(10,11)12)24(43-46(16,17)32(7,8)9)22(42-28)20-41-45(14,15)31(4,5)6/h21-22,24-25,28H,20H2,1-19H3/t22-,24-,25-,28-/m1/s1. The molecule has 11 nitrogen and oxygen atoms in total. The third-order valence-electron chi connectivity index (χ3n) is 10.8. The first-order valence-electron chi connectivity index (χ1n) is 16.9. The van der Waals surface area contributed by atoms with Crippen molar-refractivity contribution in [3.8, 4) is 5.88 Å². The molecule has 0 spiro atoms. The second-order valence-electron chi connectivity index (χ2n) is 18.6. The van der Waals surface area contributed by atoms with Crippen molar-refractivity contribution in [2.75, 3.05) is 18.8 Å². The molecule has 14 heteroatoms. The lowest BCUT2D eigenvalue weighted by Crippen LogP contribution is -2.54. The van der Waals surface area contributed by atoms with E-state index in [1.807, 2.05) is 20.8 Å². The number of aromatic nitrogens is 4. The number of hydroxylamine groups is 1. The van der Waals surface area contributed by atoms with Crippen molar-refractivity contribution in [3.63, 3.8) is 0 Å². The normalized spacial score (nSPS) is 22.3. The van der Waals surface area contributed by atoms with Crippen LogP contribution in [-0.4, -0.2) is 82.0 Å². The molecule has 3 rings (SSSR count). The van der Waals surface area contributed by atoms with Crippen molar-refractivity contribution in [2.24, 2.45) is 0 Å². The molecule has 0 N–H and O–H groups in total. The molecule has 2 aromatic rings. The van der Waals surface area contributed by atoms with Gasteiger partial charge in [-0.15, -0.1) is 0 Å². The van der Waals surface area contributed by atoms with E-state index in [0.29, 0.717) is 17.8 Å². The van der Waals surface area contributed by atoms with Crippen molar-refractivity contribution >= 4 is 42.1 Å². The second kappa shape index (κ2) is 13.1. The van der Waals surface area contributed by atoms with Gasteiger partial charge in [0.15, 0.2) is 42.3 Å². The van der Waals surface area contributed by atoms with Gasteiger partial charge in [-0.2, -0.15) is 10.0 Å². The van der Waals surface area contributed by atoms with Crippen molar-refractivity contribution in [2.45, 2.75) is 168 Å². The van der Waals surface area contributed by atoms with Crippen LogP contribution in [0.3, 0.4) is 0 Å². The van der Waals surface area contributed by atoms with E-state index in [4.69, 9.17) is 27.7 Å². The van der Waals surface area contributed by atoms with Crippen LogP contribution in [0.25, 0.3) is 11.2 Å². The molecule has 47 heavy (non-hydrogen) atoms. The van der Waals surface area contributed by atoms with E-state index in [1.165, 1.54) is 13.4 Å². The summed E-state index contributed by atoms with van der Waals surface area (Å²) in [6.07, 6.45) is -0.880. The summed E-state index contributed by atoms with van der Waals surface area (Å²) in [4.78, 5) is 13.7. The summed E-state index contributed by atoms with van der Waals surface area (Å²) in [5.41, 5.74) is 0.00576. The van der Waals surface area contributed by atoms with Crippen LogP contribution in [0.4, 0.5) is 5.95 Å². The lowest BCUT2D eigenvalue weighted by atomic mass is 10.1. The number of ether oxygens (including phenoxy) is 2. The highest BCUT2D eigenvalue weighted by Crippen LogP contribution is 2.48. The summed E-state index contributed by atoms with van der Waals surface area (Å²) < 4.78 is 36.0. The molecule has 0 aliphatic carbocycles. The van der Waals surface area contributed by atoms with Gasteiger partial charge in [-0.1, -0.05) is 67.5 Å². The van der Waals surface area contributed by atoms with E-state index in [0.717, 1.165) is 5.06 Å². The molecule has 1 saturated heterocycles. The zero-order chi connectivity index (χ0) is 36.3. The van der Waals surface area contributed by atoms with Crippen LogP contribution in [0.2, 0.25) is 54.4 Å². The first kappa shape index (κ1) is 40.0. The Morgan fingerprint density at radius 3 is 1.72 bits per heavy atom. The summed E-state index contributed by atoms with van der Waals surface area (Å²) in [6, 6.07) is 0. The Bertz CT molecular complexity index is 1390. The highest BCUT2D eigenvalue weighted by Gasteiger charge is 2.56. The van der Waals surface area contributed by atoms with Crippen molar-refractivity contribution in [1.82, 2.24) is 19.5 Å². The smallest absolute Gasteiger partial charge is 0.245 e. The minimum atomic E-state index is -2.43. The van der Waals surface area contributed by atoms with Crippen LogP contribution in [-0.2, 0) is 23.2 Å². The van der Waals surface area contributed by atoms with Gasteiger partial charge in [0.25, 0.3) is 0 Å². The fourth-order valence-electron chi connectivity index (χ4n) is 4.56. The van der Waals surface area contributed by atoms with Gasteiger partial charge < -0.3 is 22.8 Å². The number of fused-ring (bicyclic) bond motifs is 1. The van der Waals surface area contributed by atoms with Gasteiger partial charge in [-0.3, -0.25) is 4.57 Å². The van der Waals surface area contributed by atoms with E-state index in [2.05, 4.69) is 112 Å². The predicted octanol–water partition coefficient (Wildman–Crippen LogP) is 8.49. The van der Waals surface area contributed by atoms with Gasteiger partial charge in [-0.05, 0) is 75.2 Å². The van der Waals surface area contributed by atoms with Gasteiger partial charge in [-0.25, -0.2) is 9.97 Å². The van der Waals surface area contributed by atoms with E-state index in [1.54, 1.807) is 4.57 Å². The SMILES string of the molecule is COc1ncnc2c1nc(N([O])C(C)(C)C)n2[C@@H]1O[C@H](CO[Si](C)(C)C(C)(C)C)[C@@H](O[Si](C)(C)C(C)(C)C)[C@H]1O[Si](C)(C)C(C)(C)C. The maximum atomic E-state index is 14.1.